The van der Waals surface area contributed by atoms with E-state index in [-0.39, 0.29) is 0 Å². The number of benzene rings is 1. The Bertz CT molecular complexity index is 1430. The highest BCUT2D eigenvalue weighted by Gasteiger charge is 2.42. The topological polar surface area (TPSA) is 30.2 Å². The summed E-state index contributed by atoms with van der Waals surface area (Å²) in [4.78, 5) is 10.1. The van der Waals surface area contributed by atoms with Crippen molar-refractivity contribution >= 4 is 38.1 Å². The molecule has 0 saturated heterocycles. The Balaban J connectivity index is 1.54. The van der Waals surface area contributed by atoms with Gasteiger partial charge < -0.3 is 4.40 Å². The number of hydrogen-bond acceptors (Lipinski definition) is 2. The van der Waals surface area contributed by atoms with Gasteiger partial charge in [0.25, 0.3) is 0 Å². The fraction of sp³-hybridized carbons (Fsp3) is 0.385. The molecule has 4 aliphatic rings. The van der Waals surface area contributed by atoms with Gasteiger partial charge in [0.2, 0.25) is 0 Å². The predicted molar refractivity (Wildman–Crippen MR) is 115 cm³/mol. The normalized spacial score (nSPS) is 29.2. The molecule has 0 amide bonds. The monoisotopic (exact) mass is 375 g/mol. The molecule has 3 nitrogen and oxygen atoms in total. The summed E-state index contributed by atoms with van der Waals surface area (Å²) in [5.74, 6) is 2.86. The predicted octanol–water partition coefficient (Wildman–Crippen LogP) is 6.36. The zero-order valence-electron chi connectivity index (χ0n) is 16.3. The molecule has 3 heteroatoms. The molecule has 0 spiro atoms. The smallest absolute Gasteiger partial charge is 0.0728 e. The van der Waals surface area contributed by atoms with Crippen LogP contribution >= 0.6 is 0 Å². The van der Waals surface area contributed by atoms with Crippen LogP contribution in [0.3, 0.4) is 0 Å². The van der Waals surface area contributed by atoms with Crippen LogP contribution in [0, 0.1) is 0 Å². The number of para-hydroxylation sites is 1. The molecule has 0 N–H and O–H groups in total. The molecule has 9 rings (SSSR count). The molecule has 140 valence electrons. The maximum absolute atomic E-state index is 5.04. The van der Waals surface area contributed by atoms with Crippen molar-refractivity contribution < 1.29 is 0 Å². The molecule has 5 aromatic rings. The maximum Gasteiger partial charge on any atom is 0.0728 e. The van der Waals surface area contributed by atoms with Crippen molar-refractivity contribution in [3.05, 3.63) is 53.1 Å². The third-order valence-electron chi connectivity index (χ3n) is 8.99. The quantitative estimate of drug-likeness (QED) is 0.315. The number of hydrogen-bond donors (Lipinski definition) is 0. The minimum Gasteiger partial charge on any atom is -0.305 e. The van der Waals surface area contributed by atoms with Crippen molar-refractivity contribution in [3.8, 4) is 0 Å². The Morgan fingerprint density at radius 3 is 1.76 bits per heavy atom. The summed E-state index contributed by atoms with van der Waals surface area (Å²) in [5, 5.41) is 5.87. The van der Waals surface area contributed by atoms with Crippen LogP contribution in [0.15, 0.2) is 30.6 Å². The summed E-state index contributed by atoms with van der Waals surface area (Å²) in [6, 6.07) is 7.00. The Labute approximate surface area is 168 Å². The lowest BCUT2D eigenvalue weighted by Gasteiger charge is -2.16. The van der Waals surface area contributed by atoms with Crippen LogP contribution in [0.1, 0.15) is 84.7 Å². The standard InChI is InChI=1S/C26H21N3/c1-2-16-22-18(10-27-24-14-6-4-12(8-14)20(22)24)29-19-11-28-25-15-7-5-13(9-15)21(25)23(19)17(3-1)26(16)29/h1-3,10-15H,4-9H2. The fourth-order valence-electron chi connectivity index (χ4n) is 7.99. The SMILES string of the molecule is c1cc2c3c4c(ncc3n3c5cnc6c(c5c(c1)c23)C1CCC6C1)C1CCC4C1. The van der Waals surface area contributed by atoms with Gasteiger partial charge in [-0.2, -0.15) is 0 Å². The van der Waals surface area contributed by atoms with Gasteiger partial charge in [-0.25, -0.2) is 0 Å². The molecule has 0 radical (unpaired) electrons. The first-order valence-electron chi connectivity index (χ1n) is 11.4. The van der Waals surface area contributed by atoms with Crippen molar-refractivity contribution in [3.63, 3.8) is 0 Å². The van der Waals surface area contributed by atoms with Crippen molar-refractivity contribution in [1.82, 2.24) is 14.4 Å². The first-order chi connectivity index (χ1) is 14.4. The van der Waals surface area contributed by atoms with Crippen LogP contribution in [-0.4, -0.2) is 14.4 Å². The average molecular weight is 375 g/mol. The van der Waals surface area contributed by atoms with Crippen molar-refractivity contribution in [2.75, 3.05) is 0 Å². The fourth-order valence-corrected chi connectivity index (χ4v) is 7.99. The second-order valence-electron chi connectivity index (χ2n) is 10.1. The van der Waals surface area contributed by atoms with E-state index >= 15 is 0 Å². The van der Waals surface area contributed by atoms with E-state index in [4.69, 9.17) is 9.97 Å². The lowest BCUT2D eigenvalue weighted by Crippen LogP contribution is -2.02. The summed E-state index contributed by atoms with van der Waals surface area (Å²) in [5.41, 5.74) is 10.00. The van der Waals surface area contributed by atoms with Gasteiger partial charge in [0, 0.05) is 44.8 Å². The molecule has 2 saturated carbocycles. The molecular weight excluding hydrogens is 354 g/mol. The lowest BCUT2D eigenvalue weighted by molar-refractivity contribution is 0.701. The van der Waals surface area contributed by atoms with Crippen LogP contribution in [0.5, 0.6) is 0 Å². The first-order valence-corrected chi connectivity index (χ1v) is 11.4. The second kappa shape index (κ2) is 4.40. The van der Waals surface area contributed by atoms with Crippen molar-refractivity contribution in [2.45, 2.75) is 62.2 Å². The Morgan fingerprint density at radius 1 is 0.690 bits per heavy atom. The van der Waals surface area contributed by atoms with Crippen molar-refractivity contribution in [2.24, 2.45) is 0 Å². The summed E-state index contributed by atoms with van der Waals surface area (Å²) in [6.07, 6.45) is 12.4. The van der Waals surface area contributed by atoms with Crippen LogP contribution in [0.4, 0.5) is 0 Å². The van der Waals surface area contributed by atoms with Crippen LogP contribution in [0.25, 0.3) is 38.1 Å². The van der Waals surface area contributed by atoms with E-state index in [9.17, 15) is 0 Å². The summed E-state index contributed by atoms with van der Waals surface area (Å²) < 4.78 is 2.51. The van der Waals surface area contributed by atoms with E-state index in [2.05, 4.69) is 35.0 Å². The highest BCUT2D eigenvalue weighted by atomic mass is 14.9. The molecule has 4 atom stereocenters. The Kier molecular flexibility index (Phi) is 2.18. The minimum atomic E-state index is 0.705. The molecule has 4 aliphatic carbocycles. The lowest BCUT2D eigenvalue weighted by atomic mass is 9.90. The van der Waals surface area contributed by atoms with E-state index in [0.29, 0.717) is 11.8 Å². The van der Waals surface area contributed by atoms with E-state index in [1.807, 2.05) is 0 Å². The van der Waals surface area contributed by atoms with Crippen molar-refractivity contribution in [1.29, 1.82) is 0 Å². The van der Waals surface area contributed by atoms with Gasteiger partial charge in [0.05, 0.1) is 28.9 Å². The maximum atomic E-state index is 5.04. The number of nitrogens with zero attached hydrogens (tertiary/aromatic N) is 3. The van der Waals surface area contributed by atoms with E-state index in [0.717, 1.165) is 11.8 Å². The van der Waals surface area contributed by atoms with Crippen LogP contribution in [-0.2, 0) is 0 Å². The Morgan fingerprint density at radius 2 is 1.21 bits per heavy atom. The molecule has 4 heterocycles. The average Bonchev–Trinajstić information content (AvgIpc) is 3.58. The second-order valence-corrected chi connectivity index (χ2v) is 10.1. The summed E-state index contributed by atoms with van der Waals surface area (Å²) in [7, 11) is 0. The van der Waals surface area contributed by atoms with Gasteiger partial charge in [-0.3, -0.25) is 9.97 Å². The third kappa shape index (κ3) is 1.40. The third-order valence-corrected chi connectivity index (χ3v) is 8.99. The molecule has 4 aromatic heterocycles. The van der Waals surface area contributed by atoms with E-state index in [1.54, 1.807) is 11.1 Å². The highest BCUT2D eigenvalue weighted by Crippen LogP contribution is 2.58. The van der Waals surface area contributed by atoms with Gasteiger partial charge in [-0.15, -0.1) is 0 Å². The van der Waals surface area contributed by atoms with Crippen LogP contribution in [0.2, 0.25) is 0 Å². The van der Waals surface area contributed by atoms with E-state index < -0.39 is 0 Å². The highest BCUT2D eigenvalue weighted by molar-refractivity contribution is 6.24. The van der Waals surface area contributed by atoms with Gasteiger partial charge >= 0.3 is 0 Å². The zero-order chi connectivity index (χ0) is 18.4. The van der Waals surface area contributed by atoms with Gasteiger partial charge in [0.15, 0.2) is 0 Å². The van der Waals surface area contributed by atoms with Gasteiger partial charge in [-0.05, 0) is 61.5 Å². The molecule has 4 bridgehead atoms. The number of pyridine rings is 2. The Hall–Kier alpha value is -2.68. The molecule has 29 heavy (non-hydrogen) atoms. The largest absolute Gasteiger partial charge is 0.305 e. The zero-order valence-corrected chi connectivity index (χ0v) is 16.3. The minimum absolute atomic E-state index is 0.705. The molecule has 1 aromatic carbocycles. The summed E-state index contributed by atoms with van der Waals surface area (Å²) in [6.45, 7) is 0. The van der Waals surface area contributed by atoms with Gasteiger partial charge in [0.1, 0.15) is 0 Å². The van der Waals surface area contributed by atoms with Gasteiger partial charge in [-0.1, -0.05) is 18.2 Å². The molecule has 0 aliphatic heterocycles. The number of rotatable bonds is 0. The number of fused-ring (bicyclic) bond motifs is 18. The molecule has 4 unspecified atom stereocenters. The summed E-state index contributed by atoms with van der Waals surface area (Å²) >= 11 is 0. The van der Waals surface area contributed by atoms with E-state index in [1.165, 1.54) is 88.0 Å². The van der Waals surface area contributed by atoms with Crippen LogP contribution < -0.4 is 0 Å². The first kappa shape index (κ1) is 14.3. The number of aromatic nitrogens is 3. The molecular formula is C26H21N3. The molecule has 2 fully saturated rings.